The fourth-order valence-corrected chi connectivity index (χ4v) is 3.91. The average molecular weight is 463 g/mol. The summed E-state index contributed by atoms with van der Waals surface area (Å²) in [5.74, 6) is 1.65. The van der Waals surface area contributed by atoms with Crippen molar-refractivity contribution in [2.45, 2.75) is 52.2 Å². The molecule has 8 heteroatoms. The number of anilines is 1. The van der Waals surface area contributed by atoms with Crippen LogP contribution >= 0.6 is 0 Å². The van der Waals surface area contributed by atoms with Crippen molar-refractivity contribution in [3.8, 4) is 18.0 Å². The molecule has 0 bridgehead atoms. The van der Waals surface area contributed by atoms with E-state index >= 15 is 0 Å². The van der Waals surface area contributed by atoms with Crippen LogP contribution in [0.5, 0.6) is 5.88 Å². The first-order valence-electron chi connectivity index (χ1n) is 11.9. The summed E-state index contributed by atoms with van der Waals surface area (Å²) in [5, 5.41) is 17.8. The Morgan fingerprint density at radius 2 is 1.85 bits per heavy atom. The maximum atomic E-state index is 8.91. The number of aryl methyl sites for hydroxylation is 1. The van der Waals surface area contributed by atoms with Gasteiger partial charge in [-0.1, -0.05) is 26.0 Å². The van der Waals surface area contributed by atoms with E-state index in [-0.39, 0.29) is 12.0 Å². The Morgan fingerprint density at radius 3 is 2.50 bits per heavy atom. The topological polar surface area (TPSA) is 98.3 Å². The van der Waals surface area contributed by atoms with Crippen LogP contribution in [0.4, 0.5) is 5.69 Å². The summed E-state index contributed by atoms with van der Waals surface area (Å²) in [6, 6.07) is 14.6. The molecule has 2 heterocycles. The molecule has 1 fully saturated rings. The highest BCUT2D eigenvalue weighted by atomic mass is 16.5. The van der Waals surface area contributed by atoms with E-state index in [2.05, 4.69) is 70.0 Å². The molecule has 1 unspecified atom stereocenters. The zero-order chi connectivity index (χ0) is 24.3. The molecule has 0 N–H and O–H groups in total. The minimum absolute atomic E-state index is 0.0155. The molecule has 3 rings (SSSR count). The Labute approximate surface area is 202 Å². The lowest BCUT2D eigenvalue weighted by molar-refractivity contribution is -0.0510. The zero-order valence-electron chi connectivity index (χ0n) is 20.4. The Hall–Kier alpha value is -3.20. The molecule has 34 heavy (non-hydrogen) atoms. The highest BCUT2D eigenvalue weighted by Gasteiger charge is 2.22. The van der Waals surface area contributed by atoms with Gasteiger partial charge >= 0.3 is 0 Å². The van der Waals surface area contributed by atoms with Gasteiger partial charge in [-0.3, -0.25) is 4.90 Å². The summed E-state index contributed by atoms with van der Waals surface area (Å²) in [6.45, 7) is 11.0. The third kappa shape index (κ3) is 7.69. The predicted molar refractivity (Wildman–Crippen MR) is 130 cm³/mol. The Kier molecular flexibility index (Phi) is 9.63. The van der Waals surface area contributed by atoms with Gasteiger partial charge in [0.25, 0.3) is 0 Å². The van der Waals surface area contributed by atoms with Gasteiger partial charge in [-0.2, -0.15) is 15.5 Å². The molecule has 1 aliphatic heterocycles. The van der Waals surface area contributed by atoms with Crippen molar-refractivity contribution >= 4 is 5.69 Å². The van der Waals surface area contributed by atoms with Gasteiger partial charge in [-0.05, 0) is 24.6 Å². The molecule has 2 aromatic rings. The first-order valence-corrected chi connectivity index (χ1v) is 11.9. The van der Waals surface area contributed by atoms with Crippen LogP contribution in [0.25, 0.3) is 0 Å². The molecule has 0 saturated carbocycles. The Bertz CT molecular complexity index is 978. The fraction of sp³-hybridized carbons (Fsp3) is 0.538. The summed E-state index contributed by atoms with van der Waals surface area (Å²) < 4.78 is 11.9. The number of ether oxygens (including phenoxy) is 2. The highest BCUT2D eigenvalue weighted by Crippen LogP contribution is 2.19. The zero-order valence-corrected chi connectivity index (χ0v) is 20.4. The van der Waals surface area contributed by atoms with Gasteiger partial charge in [0.15, 0.2) is 0 Å². The van der Waals surface area contributed by atoms with Crippen molar-refractivity contribution in [3.63, 3.8) is 0 Å². The van der Waals surface area contributed by atoms with Gasteiger partial charge in [0.1, 0.15) is 18.5 Å². The smallest absolute Gasteiger partial charge is 0.216 e. The second-order valence-corrected chi connectivity index (χ2v) is 8.87. The number of aromatic nitrogens is 2. The molecule has 0 amide bonds. The molecule has 0 aliphatic carbocycles. The van der Waals surface area contributed by atoms with Crippen LogP contribution in [-0.2, 0) is 11.3 Å². The van der Waals surface area contributed by atoms with Gasteiger partial charge < -0.3 is 14.4 Å². The second-order valence-electron chi connectivity index (χ2n) is 8.87. The van der Waals surface area contributed by atoms with E-state index in [1.54, 1.807) is 0 Å². The molecular weight excluding hydrogens is 428 g/mol. The van der Waals surface area contributed by atoms with Crippen molar-refractivity contribution in [2.24, 2.45) is 0 Å². The summed E-state index contributed by atoms with van der Waals surface area (Å²) >= 11 is 0. The van der Waals surface area contributed by atoms with Crippen LogP contribution in [0.15, 0.2) is 30.3 Å². The largest absolute Gasteiger partial charge is 0.475 e. The quantitative estimate of drug-likeness (QED) is 0.497. The Balaban J connectivity index is 1.53. The van der Waals surface area contributed by atoms with Gasteiger partial charge in [-0.25, -0.2) is 4.98 Å². The van der Waals surface area contributed by atoms with Crippen LogP contribution in [-0.4, -0.2) is 60.4 Å². The van der Waals surface area contributed by atoms with E-state index in [0.717, 1.165) is 36.8 Å². The molecule has 1 aromatic carbocycles. The molecular formula is C26H34N6O2. The molecule has 1 saturated heterocycles. The lowest BCUT2D eigenvalue weighted by Crippen LogP contribution is -2.44. The Morgan fingerprint density at radius 1 is 1.15 bits per heavy atom. The van der Waals surface area contributed by atoms with E-state index in [9.17, 15) is 0 Å². The number of hydrogen-bond acceptors (Lipinski definition) is 8. The van der Waals surface area contributed by atoms with Crippen molar-refractivity contribution < 1.29 is 9.47 Å². The summed E-state index contributed by atoms with van der Waals surface area (Å²) in [5.41, 5.74) is 3.17. The van der Waals surface area contributed by atoms with Gasteiger partial charge in [0.05, 0.1) is 31.6 Å². The van der Waals surface area contributed by atoms with E-state index in [1.807, 2.05) is 13.0 Å². The van der Waals surface area contributed by atoms with Crippen molar-refractivity contribution in [2.75, 3.05) is 44.3 Å². The minimum Gasteiger partial charge on any atom is -0.475 e. The van der Waals surface area contributed by atoms with Gasteiger partial charge in [0, 0.05) is 56.1 Å². The molecule has 1 aromatic heterocycles. The molecule has 0 spiro atoms. The van der Waals surface area contributed by atoms with Crippen LogP contribution in [0, 0.1) is 29.6 Å². The number of benzene rings is 1. The van der Waals surface area contributed by atoms with Crippen molar-refractivity contribution in [3.05, 3.63) is 47.4 Å². The lowest BCUT2D eigenvalue weighted by atomic mass is 10.1. The van der Waals surface area contributed by atoms with Crippen molar-refractivity contribution in [1.82, 2.24) is 14.9 Å². The molecule has 180 valence electrons. The SMILES string of the molecule is Cc1cc(OCC2CN(Cc3ccc(N(CCC#N)CCC#N)cc3)CCO2)nc(C(C)C)n1. The molecule has 1 aliphatic rings. The maximum Gasteiger partial charge on any atom is 0.216 e. The van der Waals surface area contributed by atoms with Crippen LogP contribution in [0.2, 0.25) is 0 Å². The summed E-state index contributed by atoms with van der Waals surface area (Å²) in [6.07, 6.45) is 0.869. The normalized spacial score (nSPS) is 16.1. The average Bonchev–Trinajstić information content (AvgIpc) is 2.83. The van der Waals surface area contributed by atoms with E-state index in [0.29, 0.717) is 45.0 Å². The first-order chi connectivity index (χ1) is 16.5. The summed E-state index contributed by atoms with van der Waals surface area (Å²) in [7, 11) is 0. The number of rotatable bonds is 11. The van der Waals surface area contributed by atoms with Crippen LogP contribution in [0.1, 0.15) is 49.7 Å². The van der Waals surface area contributed by atoms with E-state index in [4.69, 9.17) is 20.0 Å². The third-order valence-electron chi connectivity index (χ3n) is 5.70. The number of hydrogen-bond donors (Lipinski definition) is 0. The third-order valence-corrected chi connectivity index (χ3v) is 5.70. The number of morpholine rings is 1. The van der Waals surface area contributed by atoms with Crippen LogP contribution in [0.3, 0.4) is 0 Å². The first kappa shape index (κ1) is 25.4. The number of nitrogens with zero attached hydrogens (tertiary/aromatic N) is 6. The van der Waals surface area contributed by atoms with Crippen molar-refractivity contribution in [1.29, 1.82) is 10.5 Å². The fourth-order valence-electron chi connectivity index (χ4n) is 3.91. The molecule has 0 radical (unpaired) electrons. The molecule has 1 atom stereocenters. The molecule has 8 nitrogen and oxygen atoms in total. The van der Waals surface area contributed by atoms with E-state index < -0.39 is 0 Å². The summed E-state index contributed by atoms with van der Waals surface area (Å²) in [4.78, 5) is 13.5. The van der Waals surface area contributed by atoms with Gasteiger partial charge in [-0.15, -0.1) is 0 Å². The minimum atomic E-state index is -0.0155. The number of nitriles is 2. The predicted octanol–water partition coefficient (Wildman–Crippen LogP) is 3.82. The van der Waals surface area contributed by atoms with Gasteiger partial charge in [0.2, 0.25) is 5.88 Å². The maximum absolute atomic E-state index is 8.91. The lowest BCUT2D eigenvalue weighted by Gasteiger charge is -2.33. The standard InChI is InChI=1S/C26H34N6O2/c1-20(2)26-29-21(3)16-25(30-26)34-19-24-18-31(14-15-33-24)17-22-6-8-23(9-7-22)32(12-4-10-27)13-5-11-28/h6-9,16,20,24H,4-5,12-15,17-19H2,1-3H3. The monoisotopic (exact) mass is 462 g/mol. The highest BCUT2D eigenvalue weighted by molar-refractivity contribution is 5.47. The second kappa shape index (κ2) is 12.9. The van der Waals surface area contributed by atoms with E-state index in [1.165, 1.54) is 5.56 Å². The van der Waals surface area contributed by atoms with Crippen LogP contribution < -0.4 is 9.64 Å².